The van der Waals surface area contributed by atoms with Gasteiger partial charge < -0.3 is 10.5 Å². The van der Waals surface area contributed by atoms with Crippen LogP contribution in [0.3, 0.4) is 0 Å². The molecule has 98 valence electrons. The summed E-state index contributed by atoms with van der Waals surface area (Å²) >= 11 is 0. The summed E-state index contributed by atoms with van der Waals surface area (Å²) in [5, 5.41) is 3.95. The van der Waals surface area contributed by atoms with E-state index in [1.54, 1.807) is 18.0 Å². The van der Waals surface area contributed by atoms with E-state index in [2.05, 4.69) is 9.82 Å². The van der Waals surface area contributed by atoms with Gasteiger partial charge in [-0.05, 0) is 6.42 Å². The maximum absolute atomic E-state index is 11.5. The van der Waals surface area contributed by atoms with E-state index in [0.717, 1.165) is 0 Å². The Morgan fingerprint density at radius 3 is 2.94 bits per heavy atom. The third kappa shape index (κ3) is 5.66. The van der Waals surface area contributed by atoms with E-state index in [0.29, 0.717) is 31.8 Å². The van der Waals surface area contributed by atoms with Crippen LogP contribution < -0.4 is 10.5 Å². The minimum absolute atomic E-state index is 0.0715. The van der Waals surface area contributed by atoms with Crippen molar-refractivity contribution >= 4 is 15.7 Å². The Morgan fingerprint density at radius 1 is 1.59 bits per heavy atom. The molecule has 0 aliphatic heterocycles. The third-order valence-electron chi connectivity index (χ3n) is 2.08. The Hall–Kier alpha value is -1.12. The molecule has 17 heavy (non-hydrogen) atoms. The zero-order valence-electron chi connectivity index (χ0n) is 9.80. The van der Waals surface area contributed by atoms with Crippen molar-refractivity contribution in [1.82, 2.24) is 14.5 Å². The van der Waals surface area contributed by atoms with Crippen molar-refractivity contribution in [2.45, 2.75) is 13.0 Å². The van der Waals surface area contributed by atoms with E-state index in [1.807, 2.05) is 0 Å². The summed E-state index contributed by atoms with van der Waals surface area (Å²) in [5.74, 6) is 0.0715. The zero-order chi connectivity index (χ0) is 12.7. The highest BCUT2D eigenvalue weighted by atomic mass is 32.2. The summed E-state index contributed by atoms with van der Waals surface area (Å²) in [5.41, 5.74) is 6.04. The van der Waals surface area contributed by atoms with Crippen molar-refractivity contribution in [2.75, 3.05) is 31.7 Å². The molecule has 0 saturated heterocycles. The van der Waals surface area contributed by atoms with Crippen molar-refractivity contribution in [3.63, 3.8) is 0 Å². The van der Waals surface area contributed by atoms with Crippen molar-refractivity contribution in [1.29, 1.82) is 0 Å². The maximum atomic E-state index is 11.5. The standard InChI is InChI=1S/C9H18N4O3S/c1-16-5-2-6-17(14,15)12-3-4-13-8-9(10)7-11-13/h7-8,12H,2-6,10H2,1H3. The highest BCUT2D eigenvalue weighted by molar-refractivity contribution is 7.89. The number of ether oxygens (including phenoxy) is 1. The molecule has 0 radical (unpaired) electrons. The average Bonchev–Trinajstić information content (AvgIpc) is 2.64. The average molecular weight is 262 g/mol. The van der Waals surface area contributed by atoms with Gasteiger partial charge in [0.15, 0.2) is 0 Å². The molecule has 7 nitrogen and oxygen atoms in total. The summed E-state index contributed by atoms with van der Waals surface area (Å²) in [4.78, 5) is 0. The lowest BCUT2D eigenvalue weighted by Crippen LogP contribution is -2.30. The molecule has 0 spiro atoms. The fraction of sp³-hybridized carbons (Fsp3) is 0.667. The van der Waals surface area contributed by atoms with Gasteiger partial charge in [0.2, 0.25) is 10.0 Å². The number of anilines is 1. The van der Waals surface area contributed by atoms with Gasteiger partial charge in [0.05, 0.1) is 24.2 Å². The number of rotatable bonds is 8. The van der Waals surface area contributed by atoms with E-state index >= 15 is 0 Å². The van der Waals surface area contributed by atoms with Gasteiger partial charge in [0.25, 0.3) is 0 Å². The van der Waals surface area contributed by atoms with Crippen molar-refractivity contribution in [3.8, 4) is 0 Å². The Kier molecular flexibility index (Phi) is 5.39. The SMILES string of the molecule is COCCCS(=O)(=O)NCCn1cc(N)cn1. The Labute approximate surface area is 101 Å². The second-order valence-corrected chi connectivity index (χ2v) is 5.52. The van der Waals surface area contributed by atoms with Crippen LogP contribution >= 0.6 is 0 Å². The van der Waals surface area contributed by atoms with E-state index in [9.17, 15) is 8.42 Å². The van der Waals surface area contributed by atoms with E-state index in [4.69, 9.17) is 10.5 Å². The zero-order valence-corrected chi connectivity index (χ0v) is 10.6. The summed E-state index contributed by atoms with van der Waals surface area (Å²) in [7, 11) is -1.68. The lowest BCUT2D eigenvalue weighted by Gasteiger charge is -2.06. The molecule has 0 saturated carbocycles. The predicted octanol–water partition coefficient (Wildman–Crippen LogP) is -0.579. The summed E-state index contributed by atoms with van der Waals surface area (Å²) in [6, 6.07) is 0. The van der Waals surface area contributed by atoms with Crippen LogP contribution in [0.25, 0.3) is 0 Å². The minimum atomic E-state index is -3.22. The van der Waals surface area contributed by atoms with Crippen molar-refractivity contribution in [2.24, 2.45) is 0 Å². The molecule has 0 amide bonds. The highest BCUT2D eigenvalue weighted by Gasteiger charge is 2.08. The van der Waals surface area contributed by atoms with Crippen LogP contribution in [0.1, 0.15) is 6.42 Å². The Balaban J connectivity index is 2.25. The second kappa shape index (κ2) is 6.58. The van der Waals surface area contributed by atoms with Crippen molar-refractivity contribution < 1.29 is 13.2 Å². The van der Waals surface area contributed by atoms with Gasteiger partial charge in [-0.1, -0.05) is 0 Å². The molecule has 1 heterocycles. The molecule has 0 unspecified atom stereocenters. The monoisotopic (exact) mass is 262 g/mol. The molecule has 0 atom stereocenters. The first-order chi connectivity index (χ1) is 8.03. The number of methoxy groups -OCH3 is 1. The number of nitrogens with one attached hydrogen (secondary N) is 1. The van der Waals surface area contributed by atoms with Gasteiger partial charge in [-0.25, -0.2) is 13.1 Å². The van der Waals surface area contributed by atoms with Gasteiger partial charge in [0, 0.05) is 26.5 Å². The lowest BCUT2D eigenvalue weighted by atomic mass is 10.5. The number of sulfonamides is 1. The number of hydrogen-bond acceptors (Lipinski definition) is 5. The van der Waals surface area contributed by atoms with Crippen LogP contribution in [0, 0.1) is 0 Å². The molecular weight excluding hydrogens is 244 g/mol. The quantitative estimate of drug-likeness (QED) is 0.611. The van der Waals surface area contributed by atoms with E-state index < -0.39 is 10.0 Å². The number of nitrogens with zero attached hydrogens (tertiary/aromatic N) is 2. The molecular formula is C9H18N4O3S. The van der Waals surface area contributed by atoms with Crippen molar-refractivity contribution in [3.05, 3.63) is 12.4 Å². The molecule has 0 bridgehead atoms. The minimum Gasteiger partial charge on any atom is -0.396 e. The van der Waals surface area contributed by atoms with E-state index in [1.165, 1.54) is 6.20 Å². The Morgan fingerprint density at radius 2 is 2.35 bits per heavy atom. The number of aromatic nitrogens is 2. The van der Waals surface area contributed by atoms with Gasteiger partial charge >= 0.3 is 0 Å². The number of hydrogen-bond donors (Lipinski definition) is 2. The van der Waals surface area contributed by atoms with E-state index in [-0.39, 0.29) is 5.75 Å². The largest absolute Gasteiger partial charge is 0.396 e. The summed E-state index contributed by atoms with van der Waals surface area (Å²) < 4.78 is 31.8. The first-order valence-corrected chi connectivity index (χ1v) is 6.93. The predicted molar refractivity (Wildman–Crippen MR) is 64.9 cm³/mol. The van der Waals surface area contributed by atoms with Crippen LogP contribution in [0.15, 0.2) is 12.4 Å². The topological polar surface area (TPSA) is 99.2 Å². The van der Waals surface area contributed by atoms with Crippen LogP contribution in [-0.4, -0.2) is 44.2 Å². The normalized spacial score (nSPS) is 11.8. The first-order valence-electron chi connectivity index (χ1n) is 5.28. The fourth-order valence-corrected chi connectivity index (χ4v) is 2.33. The number of nitrogens with two attached hydrogens (primary N) is 1. The molecule has 3 N–H and O–H groups in total. The molecule has 0 aliphatic carbocycles. The molecule has 0 fully saturated rings. The van der Waals surface area contributed by atoms with Gasteiger partial charge in [0.1, 0.15) is 0 Å². The molecule has 1 aromatic heterocycles. The second-order valence-electron chi connectivity index (χ2n) is 3.60. The summed E-state index contributed by atoms with van der Waals surface area (Å²) in [6.07, 6.45) is 3.66. The Bertz CT molecular complexity index is 429. The first kappa shape index (κ1) is 13.9. The molecule has 8 heteroatoms. The molecule has 0 aromatic carbocycles. The number of nitrogen functional groups attached to an aromatic ring is 1. The third-order valence-corrected chi connectivity index (χ3v) is 3.55. The lowest BCUT2D eigenvalue weighted by molar-refractivity contribution is 0.199. The highest BCUT2D eigenvalue weighted by Crippen LogP contribution is 1.97. The van der Waals surface area contributed by atoms with Gasteiger partial charge in [-0.2, -0.15) is 5.10 Å². The van der Waals surface area contributed by atoms with Gasteiger partial charge in [-0.3, -0.25) is 4.68 Å². The van der Waals surface area contributed by atoms with Crippen LogP contribution in [0.4, 0.5) is 5.69 Å². The fourth-order valence-electron chi connectivity index (χ4n) is 1.28. The molecule has 1 rings (SSSR count). The molecule has 0 aliphatic rings. The van der Waals surface area contributed by atoms with Crippen LogP contribution in [0.2, 0.25) is 0 Å². The summed E-state index contributed by atoms with van der Waals surface area (Å²) in [6.45, 7) is 1.20. The maximum Gasteiger partial charge on any atom is 0.211 e. The molecule has 1 aromatic rings. The smallest absolute Gasteiger partial charge is 0.211 e. The van der Waals surface area contributed by atoms with Gasteiger partial charge in [-0.15, -0.1) is 0 Å². The van der Waals surface area contributed by atoms with Crippen LogP contribution in [-0.2, 0) is 21.3 Å². The van der Waals surface area contributed by atoms with Crippen LogP contribution in [0.5, 0.6) is 0 Å².